The van der Waals surface area contributed by atoms with Crippen LogP contribution in [0.15, 0.2) is 0 Å². The maximum Gasteiger partial charge on any atom is 0.222 e. The van der Waals surface area contributed by atoms with Crippen LogP contribution in [0, 0.1) is 17.3 Å². The summed E-state index contributed by atoms with van der Waals surface area (Å²) in [6, 6.07) is 0. The highest BCUT2D eigenvalue weighted by Gasteiger charge is 2.48. The van der Waals surface area contributed by atoms with E-state index in [1.807, 2.05) is 4.90 Å². The number of hydrogen-bond acceptors (Lipinski definition) is 2. The summed E-state index contributed by atoms with van der Waals surface area (Å²) in [7, 11) is 0. The van der Waals surface area contributed by atoms with Gasteiger partial charge in [0.05, 0.1) is 0 Å². The van der Waals surface area contributed by atoms with E-state index in [4.69, 9.17) is 5.73 Å². The van der Waals surface area contributed by atoms with E-state index in [2.05, 4.69) is 13.8 Å². The Morgan fingerprint density at radius 2 is 2.20 bits per heavy atom. The van der Waals surface area contributed by atoms with Gasteiger partial charge in [-0.2, -0.15) is 0 Å². The minimum absolute atomic E-state index is 0.317. The summed E-state index contributed by atoms with van der Waals surface area (Å²) >= 11 is 0. The molecule has 3 heteroatoms. The van der Waals surface area contributed by atoms with Gasteiger partial charge in [-0.05, 0) is 36.6 Å². The van der Waals surface area contributed by atoms with Crippen LogP contribution in [0.25, 0.3) is 0 Å². The van der Waals surface area contributed by atoms with Gasteiger partial charge in [0.25, 0.3) is 0 Å². The Morgan fingerprint density at radius 3 is 2.60 bits per heavy atom. The average Bonchev–Trinajstić information content (AvgIpc) is 2.88. The monoisotopic (exact) mass is 210 g/mol. The van der Waals surface area contributed by atoms with E-state index >= 15 is 0 Å². The molecule has 0 radical (unpaired) electrons. The molecule has 3 nitrogen and oxygen atoms in total. The molecular formula is C12H22N2O. The highest BCUT2D eigenvalue weighted by molar-refractivity contribution is 5.78. The molecule has 1 aliphatic carbocycles. The molecule has 0 aromatic carbocycles. The maximum absolute atomic E-state index is 11.7. The van der Waals surface area contributed by atoms with Gasteiger partial charge < -0.3 is 10.6 Å². The first-order valence-corrected chi connectivity index (χ1v) is 6.05. The number of nitrogens with two attached hydrogens (primary N) is 1. The van der Waals surface area contributed by atoms with Crippen LogP contribution in [-0.4, -0.2) is 30.4 Å². The average molecular weight is 210 g/mol. The fourth-order valence-corrected chi connectivity index (χ4v) is 2.62. The maximum atomic E-state index is 11.7. The molecular weight excluding hydrogens is 188 g/mol. The van der Waals surface area contributed by atoms with E-state index < -0.39 is 0 Å². The van der Waals surface area contributed by atoms with Crippen LogP contribution >= 0.6 is 0 Å². The van der Waals surface area contributed by atoms with Gasteiger partial charge in [-0.15, -0.1) is 0 Å². The van der Waals surface area contributed by atoms with Crippen molar-refractivity contribution in [3.05, 3.63) is 0 Å². The summed E-state index contributed by atoms with van der Waals surface area (Å²) < 4.78 is 0. The van der Waals surface area contributed by atoms with E-state index in [-0.39, 0.29) is 0 Å². The first-order chi connectivity index (χ1) is 7.07. The van der Waals surface area contributed by atoms with Crippen molar-refractivity contribution in [1.29, 1.82) is 0 Å². The van der Waals surface area contributed by atoms with Crippen molar-refractivity contribution in [3.63, 3.8) is 0 Å². The summed E-state index contributed by atoms with van der Waals surface area (Å²) in [5.74, 6) is 1.42. The molecule has 2 rings (SSSR count). The Balaban J connectivity index is 1.93. The first kappa shape index (κ1) is 10.9. The van der Waals surface area contributed by atoms with Crippen LogP contribution in [0.1, 0.15) is 33.1 Å². The van der Waals surface area contributed by atoms with E-state index in [1.165, 1.54) is 12.8 Å². The summed E-state index contributed by atoms with van der Waals surface area (Å²) in [5, 5.41) is 0. The van der Waals surface area contributed by atoms with Gasteiger partial charge in [0.1, 0.15) is 0 Å². The first-order valence-electron chi connectivity index (χ1n) is 6.05. The minimum Gasteiger partial charge on any atom is -0.342 e. The number of rotatable bonds is 4. The van der Waals surface area contributed by atoms with Gasteiger partial charge in [-0.25, -0.2) is 0 Å². The molecule has 1 saturated carbocycles. The van der Waals surface area contributed by atoms with Crippen LogP contribution in [0.4, 0.5) is 0 Å². The molecule has 2 aliphatic rings. The van der Waals surface area contributed by atoms with E-state index in [1.54, 1.807) is 0 Å². The van der Waals surface area contributed by atoms with Crippen LogP contribution < -0.4 is 5.73 Å². The Bertz CT molecular complexity index is 258. The molecule has 86 valence electrons. The molecule has 2 fully saturated rings. The zero-order valence-electron chi connectivity index (χ0n) is 9.83. The van der Waals surface area contributed by atoms with Crippen LogP contribution in [-0.2, 0) is 4.79 Å². The van der Waals surface area contributed by atoms with Gasteiger partial charge >= 0.3 is 0 Å². The van der Waals surface area contributed by atoms with Gasteiger partial charge in [0.15, 0.2) is 0 Å². The normalized spacial score (nSPS) is 28.9. The van der Waals surface area contributed by atoms with Crippen molar-refractivity contribution in [3.8, 4) is 0 Å². The van der Waals surface area contributed by atoms with Gasteiger partial charge in [0, 0.05) is 19.5 Å². The molecule has 0 spiro atoms. The zero-order chi connectivity index (χ0) is 11.1. The van der Waals surface area contributed by atoms with Crippen molar-refractivity contribution >= 4 is 5.91 Å². The standard InChI is InChI=1S/C12H22N2O/c1-9(2)12(3-4-12)8-14-7-10(6-13)5-11(14)15/h9-10H,3-8,13H2,1-2H3. The number of amides is 1. The molecule has 1 atom stereocenters. The fourth-order valence-electron chi connectivity index (χ4n) is 2.62. The van der Waals surface area contributed by atoms with Gasteiger partial charge in [-0.1, -0.05) is 13.8 Å². The second-order valence-electron chi connectivity index (χ2n) is 5.60. The third-order valence-corrected chi connectivity index (χ3v) is 4.25. The van der Waals surface area contributed by atoms with Crippen LogP contribution in [0.3, 0.4) is 0 Å². The van der Waals surface area contributed by atoms with Crippen molar-refractivity contribution in [2.75, 3.05) is 19.6 Å². The molecule has 1 heterocycles. The largest absolute Gasteiger partial charge is 0.342 e. The van der Waals surface area contributed by atoms with Crippen LogP contribution in [0.5, 0.6) is 0 Å². The van der Waals surface area contributed by atoms with E-state index in [9.17, 15) is 4.79 Å². The predicted octanol–water partition coefficient (Wildman–Crippen LogP) is 1.23. The zero-order valence-corrected chi connectivity index (χ0v) is 9.83. The molecule has 15 heavy (non-hydrogen) atoms. The number of likely N-dealkylation sites (tertiary alicyclic amines) is 1. The van der Waals surface area contributed by atoms with Crippen molar-refractivity contribution in [2.24, 2.45) is 23.0 Å². The SMILES string of the molecule is CC(C)C1(CN2CC(CN)CC2=O)CC1. The molecule has 0 aromatic rings. The quantitative estimate of drug-likeness (QED) is 0.758. The molecule has 2 N–H and O–H groups in total. The highest BCUT2D eigenvalue weighted by atomic mass is 16.2. The molecule has 1 amide bonds. The number of carbonyl (C=O) groups is 1. The lowest BCUT2D eigenvalue weighted by molar-refractivity contribution is -0.128. The molecule has 0 bridgehead atoms. The number of nitrogens with zero attached hydrogens (tertiary/aromatic N) is 1. The second-order valence-corrected chi connectivity index (χ2v) is 5.60. The molecule has 1 saturated heterocycles. The molecule has 1 unspecified atom stereocenters. The lowest BCUT2D eigenvalue weighted by Gasteiger charge is -2.26. The van der Waals surface area contributed by atoms with Crippen molar-refractivity contribution < 1.29 is 4.79 Å². The van der Waals surface area contributed by atoms with Gasteiger partial charge in [0.2, 0.25) is 5.91 Å². The summed E-state index contributed by atoms with van der Waals surface area (Å²) in [4.78, 5) is 13.8. The third kappa shape index (κ3) is 2.03. The van der Waals surface area contributed by atoms with Crippen molar-refractivity contribution in [2.45, 2.75) is 33.1 Å². The number of carbonyl (C=O) groups excluding carboxylic acids is 1. The Labute approximate surface area is 92.0 Å². The van der Waals surface area contributed by atoms with Crippen molar-refractivity contribution in [1.82, 2.24) is 4.90 Å². The van der Waals surface area contributed by atoms with Gasteiger partial charge in [-0.3, -0.25) is 4.79 Å². The topological polar surface area (TPSA) is 46.3 Å². The second kappa shape index (κ2) is 3.78. The molecule has 0 aromatic heterocycles. The number of hydrogen-bond donors (Lipinski definition) is 1. The van der Waals surface area contributed by atoms with Crippen LogP contribution in [0.2, 0.25) is 0 Å². The van der Waals surface area contributed by atoms with E-state index in [0.29, 0.717) is 36.1 Å². The lowest BCUT2D eigenvalue weighted by atomic mass is 9.92. The Kier molecular flexibility index (Phi) is 2.75. The highest BCUT2D eigenvalue weighted by Crippen LogP contribution is 2.52. The smallest absolute Gasteiger partial charge is 0.222 e. The minimum atomic E-state index is 0.317. The summed E-state index contributed by atoms with van der Waals surface area (Å²) in [6.45, 7) is 7.06. The predicted molar refractivity (Wildman–Crippen MR) is 60.2 cm³/mol. The lowest BCUT2D eigenvalue weighted by Crippen LogP contribution is -2.34. The summed E-state index contributed by atoms with van der Waals surface area (Å²) in [6.07, 6.45) is 3.26. The van der Waals surface area contributed by atoms with E-state index in [0.717, 1.165) is 13.1 Å². The third-order valence-electron chi connectivity index (χ3n) is 4.25. The fraction of sp³-hybridized carbons (Fsp3) is 0.917. The molecule has 1 aliphatic heterocycles. The Hall–Kier alpha value is -0.570. The Morgan fingerprint density at radius 1 is 1.53 bits per heavy atom. The summed E-state index contributed by atoms with van der Waals surface area (Å²) in [5.41, 5.74) is 6.06.